The van der Waals surface area contributed by atoms with Gasteiger partial charge in [-0.2, -0.15) is 0 Å². The number of phenolic OH excluding ortho intramolecular Hbond substituents is 2. The second-order valence-corrected chi connectivity index (χ2v) is 11.1. The lowest BCUT2D eigenvalue weighted by molar-refractivity contribution is -0.142. The first kappa shape index (κ1) is 34.6. The predicted molar refractivity (Wildman–Crippen MR) is 171 cm³/mol. The number of carbonyl (C=O) groups is 4. The standard InChI is InChI=1S/C35H43N3O7/c1-2-3-5-10-32(41)36-29(21-15-24-11-17-27(39)18-12-24)33(42)37-30(22-16-25-13-19-28(40)20-14-25)34(43)38-31(35(44)45)23-26-8-6-4-7-9-26/h4,6-9,11-14,17-20,29-31,39-40H,2-3,5,10,15-16,21-23H2,1H3,(H,36,41)(H,37,42)(H,38,43)(H,44,45)/t29-,30+,31?/m0/s1. The van der Waals surface area contributed by atoms with Gasteiger partial charge in [-0.05, 0) is 73.1 Å². The van der Waals surface area contributed by atoms with Gasteiger partial charge < -0.3 is 31.3 Å². The Morgan fingerprint density at radius 3 is 1.60 bits per heavy atom. The van der Waals surface area contributed by atoms with Gasteiger partial charge in [0.25, 0.3) is 0 Å². The topological polar surface area (TPSA) is 165 Å². The highest BCUT2D eigenvalue weighted by molar-refractivity contribution is 5.93. The average molecular weight is 618 g/mol. The van der Waals surface area contributed by atoms with Gasteiger partial charge in [0.05, 0.1) is 0 Å². The Morgan fingerprint density at radius 1 is 0.622 bits per heavy atom. The molecule has 0 saturated heterocycles. The summed E-state index contributed by atoms with van der Waals surface area (Å²) >= 11 is 0. The van der Waals surface area contributed by atoms with E-state index in [9.17, 15) is 34.5 Å². The van der Waals surface area contributed by atoms with E-state index in [1.54, 1.807) is 60.7 Å². The monoisotopic (exact) mass is 617 g/mol. The Balaban J connectivity index is 1.78. The van der Waals surface area contributed by atoms with Crippen molar-refractivity contribution < 1.29 is 34.5 Å². The molecule has 3 amide bonds. The number of aromatic hydroxyl groups is 2. The Morgan fingerprint density at radius 2 is 1.11 bits per heavy atom. The molecule has 6 N–H and O–H groups in total. The number of amides is 3. The molecule has 0 bridgehead atoms. The second kappa shape index (κ2) is 18.1. The number of phenols is 2. The minimum Gasteiger partial charge on any atom is -0.508 e. The van der Waals surface area contributed by atoms with Crippen molar-refractivity contribution in [1.82, 2.24) is 16.0 Å². The lowest BCUT2D eigenvalue weighted by atomic mass is 10.0. The number of benzene rings is 3. The third kappa shape index (κ3) is 12.3. The van der Waals surface area contributed by atoms with Crippen LogP contribution < -0.4 is 16.0 Å². The van der Waals surface area contributed by atoms with Crippen LogP contribution in [0.1, 0.15) is 62.1 Å². The molecule has 3 atom stereocenters. The summed E-state index contributed by atoms with van der Waals surface area (Å²) in [6, 6.07) is 18.7. The highest BCUT2D eigenvalue weighted by Gasteiger charge is 2.29. The molecule has 3 rings (SSSR count). The SMILES string of the molecule is CCCCCC(=O)N[C@@H](CCc1ccc(O)cc1)C(=O)N[C@H](CCc1ccc(O)cc1)C(=O)NC(Cc1ccccc1)C(=O)O. The molecule has 0 heterocycles. The quantitative estimate of drug-likeness (QED) is 0.117. The van der Waals surface area contributed by atoms with Crippen molar-refractivity contribution in [2.75, 3.05) is 0 Å². The minimum absolute atomic E-state index is 0.0591. The highest BCUT2D eigenvalue weighted by atomic mass is 16.4. The number of nitrogens with one attached hydrogen (secondary N) is 3. The van der Waals surface area contributed by atoms with E-state index in [1.807, 2.05) is 13.0 Å². The van der Waals surface area contributed by atoms with Crippen molar-refractivity contribution in [2.24, 2.45) is 0 Å². The van der Waals surface area contributed by atoms with Crippen molar-refractivity contribution in [2.45, 2.75) is 82.8 Å². The average Bonchev–Trinajstić information content (AvgIpc) is 3.03. The van der Waals surface area contributed by atoms with Crippen molar-refractivity contribution in [3.63, 3.8) is 0 Å². The number of rotatable bonds is 18. The van der Waals surface area contributed by atoms with Gasteiger partial charge in [0.15, 0.2) is 0 Å². The molecule has 0 fully saturated rings. The maximum Gasteiger partial charge on any atom is 0.326 e. The Bertz CT molecular complexity index is 1380. The molecule has 0 aliphatic heterocycles. The number of carboxylic acid groups (broad SMARTS) is 1. The summed E-state index contributed by atoms with van der Waals surface area (Å²) in [5.41, 5.74) is 2.40. The lowest BCUT2D eigenvalue weighted by Crippen LogP contribution is -2.56. The molecule has 10 nitrogen and oxygen atoms in total. The van der Waals surface area contributed by atoms with Gasteiger partial charge in [0, 0.05) is 12.8 Å². The number of hydrogen-bond acceptors (Lipinski definition) is 6. The van der Waals surface area contributed by atoms with Gasteiger partial charge >= 0.3 is 5.97 Å². The molecule has 3 aromatic carbocycles. The van der Waals surface area contributed by atoms with Crippen LogP contribution in [0.15, 0.2) is 78.9 Å². The largest absolute Gasteiger partial charge is 0.508 e. The van der Waals surface area contributed by atoms with Gasteiger partial charge in [-0.1, -0.05) is 74.4 Å². The van der Waals surface area contributed by atoms with E-state index in [0.717, 1.165) is 29.5 Å². The molecular weight excluding hydrogens is 574 g/mol. The van der Waals surface area contributed by atoms with Crippen LogP contribution in [0.25, 0.3) is 0 Å². The Kier molecular flexibility index (Phi) is 13.9. The zero-order valence-corrected chi connectivity index (χ0v) is 25.6. The molecular formula is C35H43N3O7. The molecule has 0 spiro atoms. The van der Waals surface area contributed by atoms with Crippen molar-refractivity contribution in [3.05, 3.63) is 95.6 Å². The van der Waals surface area contributed by atoms with E-state index in [0.29, 0.717) is 19.3 Å². The first-order valence-electron chi connectivity index (χ1n) is 15.4. The molecule has 240 valence electrons. The molecule has 0 saturated carbocycles. The van der Waals surface area contributed by atoms with Crippen LogP contribution in [0.4, 0.5) is 0 Å². The molecule has 0 radical (unpaired) electrons. The van der Waals surface area contributed by atoms with Gasteiger partial charge in [-0.3, -0.25) is 14.4 Å². The zero-order valence-electron chi connectivity index (χ0n) is 25.6. The molecule has 1 unspecified atom stereocenters. The van der Waals surface area contributed by atoms with Crippen molar-refractivity contribution in [1.29, 1.82) is 0 Å². The summed E-state index contributed by atoms with van der Waals surface area (Å²) in [6.45, 7) is 2.03. The van der Waals surface area contributed by atoms with Crippen LogP contribution in [0, 0.1) is 0 Å². The fourth-order valence-corrected chi connectivity index (χ4v) is 4.88. The highest BCUT2D eigenvalue weighted by Crippen LogP contribution is 2.15. The number of aliphatic carboxylic acids is 1. The van der Waals surface area contributed by atoms with E-state index in [2.05, 4.69) is 16.0 Å². The normalized spacial score (nSPS) is 12.8. The van der Waals surface area contributed by atoms with Crippen LogP contribution in [0.5, 0.6) is 11.5 Å². The number of carbonyl (C=O) groups excluding carboxylic acids is 3. The summed E-state index contributed by atoms with van der Waals surface area (Å²) < 4.78 is 0. The van der Waals surface area contributed by atoms with Gasteiger partial charge in [-0.15, -0.1) is 0 Å². The summed E-state index contributed by atoms with van der Waals surface area (Å²) in [5, 5.41) is 37.3. The molecule has 45 heavy (non-hydrogen) atoms. The minimum atomic E-state index is -1.23. The van der Waals surface area contributed by atoms with Crippen LogP contribution in [-0.4, -0.2) is 57.1 Å². The first-order valence-corrected chi connectivity index (χ1v) is 15.4. The molecule has 0 aliphatic carbocycles. The molecule has 0 aromatic heterocycles. The van der Waals surface area contributed by atoms with Crippen LogP contribution in [-0.2, 0) is 38.4 Å². The van der Waals surface area contributed by atoms with E-state index < -0.39 is 35.9 Å². The van der Waals surface area contributed by atoms with Gasteiger partial charge in [-0.25, -0.2) is 4.79 Å². The van der Waals surface area contributed by atoms with Crippen LogP contribution in [0.3, 0.4) is 0 Å². The van der Waals surface area contributed by atoms with E-state index in [-0.39, 0.29) is 43.1 Å². The number of carboxylic acids is 1. The number of hydrogen-bond donors (Lipinski definition) is 6. The fraction of sp³-hybridized carbons (Fsp3) is 0.371. The number of aryl methyl sites for hydroxylation is 2. The second-order valence-electron chi connectivity index (χ2n) is 11.1. The molecule has 3 aromatic rings. The Labute approximate surface area is 263 Å². The maximum atomic E-state index is 13.7. The van der Waals surface area contributed by atoms with Crippen LogP contribution in [0.2, 0.25) is 0 Å². The third-order valence-corrected chi connectivity index (χ3v) is 7.51. The maximum absolute atomic E-state index is 13.7. The summed E-state index contributed by atoms with van der Waals surface area (Å²) in [5.74, 6) is -2.48. The predicted octanol–water partition coefficient (Wildman–Crippen LogP) is 4.03. The van der Waals surface area contributed by atoms with E-state index >= 15 is 0 Å². The molecule has 10 heteroatoms. The number of unbranched alkanes of at least 4 members (excludes halogenated alkanes) is 2. The van der Waals surface area contributed by atoms with E-state index in [4.69, 9.17) is 0 Å². The van der Waals surface area contributed by atoms with Crippen molar-refractivity contribution >= 4 is 23.7 Å². The van der Waals surface area contributed by atoms with E-state index in [1.165, 1.54) is 12.1 Å². The van der Waals surface area contributed by atoms with Crippen LogP contribution >= 0.6 is 0 Å². The lowest BCUT2D eigenvalue weighted by Gasteiger charge is -2.25. The summed E-state index contributed by atoms with van der Waals surface area (Å²) in [4.78, 5) is 52.1. The first-order chi connectivity index (χ1) is 21.6. The fourth-order valence-electron chi connectivity index (χ4n) is 4.88. The third-order valence-electron chi connectivity index (χ3n) is 7.51. The smallest absolute Gasteiger partial charge is 0.326 e. The zero-order chi connectivity index (χ0) is 32.6. The summed E-state index contributed by atoms with van der Waals surface area (Å²) in [6.07, 6.45) is 4.01. The van der Waals surface area contributed by atoms with Gasteiger partial charge in [0.2, 0.25) is 17.7 Å². The van der Waals surface area contributed by atoms with Crippen molar-refractivity contribution in [3.8, 4) is 11.5 Å². The summed E-state index contributed by atoms with van der Waals surface area (Å²) in [7, 11) is 0. The molecule has 0 aliphatic rings. The van der Waals surface area contributed by atoms with Gasteiger partial charge in [0.1, 0.15) is 29.6 Å². The Hall–Kier alpha value is -4.86.